The second-order valence-corrected chi connectivity index (χ2v) is 6.58. The Morgan fingerprint density at radius 1 is 0.958 bits per heavy atom. The Labute approximate surface area is 149 Å². The minimum absolute atomic E-state index is 0.538. The molecular formula is C21H23ClO2. The van der Waals surface area contributed by atoms with Crippen molar-refractivity contribution in [3.8, 4) is 11.5 Å². The maximum Gasteiger partial charge on any atom is 0.126 e. The van der Waals surface area contributed by atoms with Crippen LogP contribution >= 0.6 is 11.6 Å². The van der Waals surface area contributed by atoms with E-state index in [0.717, 1.165) is 27.6 Å². The molecule has 0 unspecified atom stereocenters. The van der Waals surface area contributed by atoms with E-state index in [9.17, 15) is 0 Å². The van der Waals surface area contributed by atoms with Crippen LogP contribution in [0.25, 0.3) is 12.2 Å². The van der Waals surface area contributed by atoms with Crippen molar-refractivity contribution in [2.45, 2.75) is 31.6 Å². The van der Waals surface area contributed by atoms with E-state index in [1.165, 1.54) is 31.2 Å². The molecule has 2 aromatic carbocycles. The van der Waals surface area contributed by atoms with Crippen molar-refractivity contribution in [2.24, 2.45) is 0 Å². The molecule has 0 bridgehead atoms. The van der Waals surface area contributed by atoms with Gasteiger partial charge in [-0.1, -0.05) is 54.8 Å². The number of rotatable bonds is 5. The Morgan fingerprint density at radius 3 is 2.17 bits per heavy atom. The van der Waals surface area contributed by atoms with Crippen molar-refractivity contribution in [3.05, 3.63) is 58.1 Å². The summed E-state index contributed by atoms with van der Waals surface area (Å²) in [5.74, 6) is 2.37. The van der Waals surface area contributed by atoms with Gasteiger partial charge in [-0.3, -0.25) is 0 Å². The molecule has 2 aromatic rings. The van der Waals surface area contributed by atoms with E-state index < -0.39 is 0 Å². The van der Waals surface area contributed by atoms with Crippen molar-refractivity contribution >= 4 is 23.8 Å². The molecule has 126 valence electrons. The Balaban J connectivity index is 1.96. The summed E-state index contributed by atoms with van der Waals surface area (Å²) in [7, 11) is 3.46. The zero-order chi connectivity index (χ0) is 16.9. The minimum atomic E-state index is 0.538. The average molecular weight is 343 g/mol. The lowest BCUT2D eigenvalue weighted by molar-refractivity contribution is 0.378. The Hall–Kier alpha value is -1.93. The van der Waals surface area contributed by atoms with Gasteiger partial charge in [-0.25, -0.2) is 0 Å². The summed E-state index contributed by atoms with van der Waals surface area (Å²) in [5, 5.41) is 0.746. The van der Waals surface area contributed by atoms with Crippen molar-refractivity contribution in [1.82, 2.24) is 0 Å². The molecule has 0 N–H and O–H groups in total. The predicted octanol–water partition coefficient (Wildman–Crippen LogP) is 6.19. The number of benzene rings is 2. The van der Waals surface area contributed by atoms with Crippen LogP contribution in [0, 0.1) is 0 Å². The van der Waals surface area contributed by atoms with Crippen LogP contribution in [0.1, 0.15) is 48.3 Å². The maximum absolute atomic E-state index is 6.22. The van der Waals surface area contributed by atoms with Crippen molar-refractivity contribution in [1.29, 1.82) is 0 Å². The van der Waals surface area contributed by atoms with Gasteiger partial charge in [0.2, 0.25) is 0 Å². The molecule has 3 rings (SSSR count). The van der Waals surface area contributed by atoms with Gasteiger partial charge in [-0.2, -0.15) is 0 Å². The molecule has 0 radical (unpaired) electrons. The summed E-state index contributed by atoms with van der Waals surface area (Å²) in [5.41, 5.74) is 3.26. The molecule has 0 aliphatic heterocycles. The van der Waals surface area contributed by atoms with E-state index >= 15 is 0 Å². The summed E-state index contributed by atoms with van der Waals surface area (Å²) >= 11 is 6.22. The van der Waals surface area contributed by atoms with Gasteiger partial charge in [-0.15, -0.1) is 0 Å². The van der Waals surface area contributed by atoms with E-state index in [1.54, 1.807) is 14.2 Å². The number of halogens is 1. The van der Waals surface area contributed by atoms with E-state index in [2.05, 4.69) is 12.1 Å². The van der Waals surface area contributed by atoms with Gasteiger partial charge in [0.15, 0.2) is 0 Å². The summed E-state index contributed by atoms with van der Waals surface area (Å²) in [4.78, 5) is 0. The van der Waals surface area contributed by atoms with Crippen LogP contribution in [0.2, 0.25) is 5.02 Å². The van der Waals surface area contributed by atoms with Crippen molar-refractivity contribution in [3.63, 3.8) is 0 Å². The molecule has 0 saturated heterocycles. The molecule has 3 heteroatoms. The van der Waals surface area contributed by atoms with Gasteiger partial charge in [0.25, 0.3) is 0 Å². The summed E-state index contributed by atoms with van der Waals surface area (Å²) in [6, 6.07) is 12.0. The fraction of sp³-hybridized carbons (Fsp3) is 0.333. The third kappa shape index (κ3) is 3.59. The topological polar surface area (TPSA) is 18.5 Å². The zero-order valence-corrected chi connectivity index (χ0v) is 15.0. The molecule has 1 saturated carbocycles. The number of hydrogen-bond acceptors (Lipinski definition) is 2. The Kier molecular flexibility index (Phi) is 5.47. The molecule has 0 spiro atoms. The number of ether oxygens (including phenoxy) is 2. The SMILES string of the molecule is COc1cc(/C=C/c2ccccc2Cl)cc(OC)c1C1CCCC1. The highest BCUT2D eigenvalue weighted by molar-refractivity contribution is 6.32. The van der Waals surface area contributed by atoms with Gasteiger partial charge in [-0.05, 0) is 48.1 Å². The van der Waals surface area contributed by atoms with E-state index in [4.69, 9.17) is 21.1 Å². The smallest absolute Gasteiger partial charge is 0.126 e. The molecule has 1 fully saturated rings. The van der Waals surface area contributed by atoms with Gasteiger partial charge in [0, 0.05) is 10.6 Å². The summed E-state index contributed by atoms with van der Waals surface area (Å²) in [6.45, 7) is 0. The molecule has 24 heavy (non-hydrogen) atoms. The molecular weight excluding hydrogens is 320 g/mol. The lowest BCUT2D eigenvalue weighted by Crippen LogP contribution is -2.01. The van der Waals surface area contributed by atoms with Gasteiger partial charge >= 0.3 is 0 Å². The highest BCUT2D eigenvalue weighted by Gasteiger charge is 2.24. The third-order valence-electron chi connectivity index (χ3n) is 4.69. The van der Waals surface area contributed by atoms with Crippen molar-refractivity contribution in [2.75, 3.05) is 14.2 Å². The highest BCUT2D eigenvalue weighted by Crippen LogP contribution is 2.44. The van der Waals surface area contributed by atoms with Crippen LogP contribution in [-0.2, 0) is 0 Å². The van der Waals surface area contributed by atoms with Gasteiger partial charge in [0.1, 0.15) is 11.5 Å². The van der Waals surface area contributed by atoms with Gasteiger partial charge in [0.05, 0.1) is 14.2 Å². The largest absolute Gasteiger partial charge is 0.496 e. The lowest BCUT2D eigenvalue weighted by Gasteiger charge is -2.19. The monoisotopic (exact) mass is 342 g/mol. The first-order valence-electron chi connectivity index (χ1n) is 8.41. The number of methoxy groups -OCH3 is 2. The summed E-state index contributed by atoms with van der Waals surface area (Å²) < 4.78 is 11.4. The van der Waals surface area contributed by atoms with Crippen LogP contribution in [0.5, 0.6) is 11.5 Å². The molecule has 0 atom stereocenters. The normalized spacial score (nSPS) is 15.1. The standard InChI is InChI=1S/C21H23ClO2/c1-23-19-13-15(11-12-16-7-5-6-10-18(16)22)14-20(24-2)21(19)17-8-3-4-9-17/h5-7,10-14,17H,3-4,8-9H2,1-2H3/b12-11+. The van der Waals surface area contributed by atoms with Crippen LogP contribution in [-0.4, -0.2) is 14.2 Å². The second kappa shape index (κ2) is 7.76. The highest BCUT2D eigenvalue weighted by atomic mass is 35.5. The average Bonchev–Trinajstić information content (AvgIpc) is 3.14. The molecule has 0 aromatic heterocycles. The molecule has 2 nitrogen and oxygen atoms in total. The molecule has 0 heterocycles. The first-order valence-corrected chi connectivity index (χ1v) is 8.79. The minimum Gasteiger partial charge on any atom is -0.496 e. The number of hydrogen-bond donors (Lipinski definition) is 0. The molecule has 1 aliphatic carbocycles. The summed E-state index contributed by atoms with van der Waals surface area (Å²) in [6.07, 6.45) is 9.05. The van der Waals surface area contributed by atoms with Crippen LogP contribution in [0.3, 0.4) is 0 Å². The maximum atomic E-state index is 6.22. The first kappa shape index (κ1) is 16.9. The fourth-order valence-corrected chi connectivity index (χ4v) is 3.67. The third-order valence-corrected chi connectivity index (χ3v) is 5.03. The zero-order valence-electron chi connectivity index (χ0n) is 14.2. The van der Waals surface area contributed by atoms with Crippen molar-refractivity contribution < 1.29 is 9.47 Å². The Bertz CT molecular complexity index is 705. The van der Waals surface area contributed by atoms with Crippen LogP contribution in [0.4, 0.5) is 0 Å². The van der Waals surface area contributed by atoms with E-state index in [0.29, 0.717) is 5.92 Å². The second-order valence-electron chi connectivity index (χ2n) is 6.18. The fourth-order valence-electron chi connectivity index (χ4n) is 3.47. The molecule has 0 amide bonds. The van der Waals surface area contributed by atoms with E-state index in [-0.39, 0.29) is 0 Å². The van der Waals surface area contributed by atoms with Crippen LogP contribution in [0.15, 0.2) is 36.4 Å². The quantitative estimate of drug-likeness (QED) is 0.603. The van der Waals surface area contributed by atoms with Crippen LogP contribution < -0.4 is 9.47 Å². The van der Waals surface area contributed by atoms with Gasteiger partial charge < -0.3 is 9.47 Å². The first-order chi connectivity index (χ1) is 11.7. The lowest BCUT2D eigenvalue weighted by atomic mass is 9.94. The van der Waals surface area contributed by atoms with E-state index in [1.807, 2.05) is 36.4 Å². The molecule has 1 aliphatic rings. The Morgan fingerprint density at radius 2 is 1.58 bits per heavy atom. The predicted molar refractivity (Wildman–Crippen MR) is 101 cm³/mol.